The SMILES string of the molecule is OC1(CN2CC(Cc3ccc(Cl)cc3)C2)CCSCC1. The van der Waals surface area contributed by atoms with E-state index in [4.69, 9.17) is 11.6 Å². The second-order valence-electron chi connectivity index (χ2n) is 6.23. The largest absolute Gasteiger partial charge is 0.388 e. The van der Waals surface area contributed by atoms with Crippen LogP contribution in [0.1, 0.15) is 18.4 Å². The lowest BCUT2D eigenvalue weighted by Gasteiger charge is -2.45. The molecule has 3 rings (SSSR count). The lowest BCUT2D eigenvalue weighted by Crippen LogP contribution is -2.55. The Kier molecular flexibility index (Phi) is 4.61. The fourth-order valence-electron chi connectivity index (χ4n) is 3.21. The predicted octanol–water partition coefficient (Wildman–Crippen LogP) is 3.07. The molecule has 0 aliphatic carbocycles. The van der Waals surface area contributed by atoms with Crippen molar-refractivity contribution < 1.29 is 5.11 Å². The number of likely N-dealkylation sites (tertiary alicyclic amines) is 1. The first kappa shape index (κ1) is 14.7. The molecule has 20 heavy (non-hydrogen) atoms. The molecule has 0 spiro atoms. The minimum absolute atomic E-state index is 0.420. The van der Waals surface area contributed by atoms with Gasteiger partial charge >= 0.3 is 0 Å². The summed E-state index contributed by atoms with van der Waals surface area (Å²) in [7, 11) is 0. The highest BCUT2D eigenvalue weighted by Gasteiger charge is 2.36. The number of benzene rings is 1. The number of hydrogen-bond acceptors (Lipinski definition) is 3. The summed E-state index contributed by atoms with van der Waals surface area (Å²) in [6, 6.07) is 8.18. The molecule has 0 radical (unpaired) electrons. The number of thioether (sulfide) groups is 1. The fourth-order valence-corrected chi connectivity index (χ4v) is 4.59. The van der Waals surface area contributed by atoms with Gasteiger partial charge in [0, 0.05) is 24.7 Å². The highest BCUT2D eigenvalue weighted by atomic mass is 35.5. The lowest BCUT2D eigenvalue weighted by molar-refractivity contribution is -0.0360. The van der Waals surface area contributed by atoms with Gasteiger partial charge in [-0.1, -0.05) is 23.7 Å². The molecule has 0 atom stereocenters. The average molecular weight is 312 g/mol. The van der Waals surface area contributed by atoms with Gasteiger partial charge in [-0.15, -0.1) is 0 Å². The second-order valence-corrected chi connectivity index (χ2v) is 7.89. The Balaban J connectivity index is 1.43. The topological polar surface area (TPSA) is 23.5 Å². The molecule has 2 aliphatic heterocycles. The van der Waals surface area contributed by atoms with E-state index in [-0.39, 0.29) is 0 Å². The standard InChI is InChI=1S/C16H22ClNOS/c17-15-3-1-13(2-4-15)9-14-10-18(11-14)12-16(19)5-7-20-8-6-16/h1-4,14,19H,5-12H2. The Morgan fingerprint density at radius 1 is 1.20 bits per heavy atom. The Morgan fingerprint density at radius 3 is 2.50 bits per heavy atom. The maximum absolute atomic E-state index is 10.5. The molecule has 0 saturated carbocycles. The molecule has 1 aromatic carbocycles. The van der Waals surface area contributed by atoms with E-state index in [1.807, 2.05) is 23.9 Å². The predicted molar refractivity (Wildman–Crippen MR) is 86.6 cm³/mol. The minimum atomic E-state index is -0.420. The van der Waals surface area contributed by atoms with Crippen molar-refractivity contribution >= 4 is 23.4 Å². The van der Waals surface area contributed by atoms with E-state index >= 15 is 0 Å². The van der Waals surface area contributed by atoms with Crippen LogP contribution in [0.15, 0.2) is 24.3 Å². The van der Waals surface area contributed by atoms with Gasteiger partial charge in [0.1, 0.15) is 0 Å². The number of rotatable bonds is 4. The number of aliphatic hydroxyl groups is 1. The van der Waals surface area contributed by atoms with Gasteiger partial charge in [0.2, 0.25) is 0 Å². The van der Waals surface area contributed by atoms with E-state index in [0.717, 1.165) is 61.3 Å². The molecule has 0 unspecified atom stereocenters. The monoisotopic (exact) mass is 311 g/mol. The zero-order chi connectivity index (χ0) is 14.0. The third-order valence-corrected chi connectivity index (χ3v) is 5.65. The molecule has 0 aromatic heterocycles. The van der Waals surface area contributed by atoms with Crippen LogP contribution in [0, 0.1) is 5.92 Å². The van der Waals surface area contributed by atoms with Crippen LogP contribution in [0.2, 0.25) is 5.02 Å². The lowest BCUT2D eigenvalue weighted by atomic mass is 9.88. The summed E-state index contributed by atoms with van der Waals surface area (Å²) in [5.41, 5.74) is 0.947. The van der Waals surface area contributed by atoms with E-state index in [0.29, 0.717) is 0 Å². The number of nitrogens with zero attached hydrogens (tertiary/aromatic N) is 1. The van der Waals surface area contributed by atoms with E-state index < -0.39 is 5.60 Å². The van der Waals surface area contributed by atoms with Crippen LogP contribution in [0.25, 0.3) is 0 Å². The zero-order valence-corrected chi connectivity index (χ0v) is 13.3. The molecule has 2 nitrogen and oxygen atoms in total. The van der Waals surface area contributed by atoms with Gasteiger partial charge in [0.25, 0.3) is 0 Å². The zero-order valence-electron chi connectivity index (χ0n) is 11.7. The smallest absolute Gasteiger partial charge is 0.0789 e. The first-order valence-corrected chi connectivity index (χ1v) is 8.93. The molecule has 1 N–H and O–H groups in total. The van der Waals surface area contributed by atoms with E-state index in [1.54, 1.807) is 0 Å². The Bertz CT molecular complexity index is 438. The molecule has 2 heterocycles. The highest BCUT2D eigenvalue weighted by Crippen LogP contribution is 2.30. The van der Waals surface area contributed by atoms with Crippen molar-refractivity contribution in [3.63, 3.8) is 0 Å². The van der Waals surface area contributed by atoms with Gasteiger partial charge in [-0.05, 0) is 54.4 Å². The van der Waals surface area contributed by atoms with Gasteiger partial charge < -0.3 is 5.11 Å². The third kappa shape index (κ3) is 3.70. The van der Waals surface area contributed by atoms with E-state index in [9.17, 15) is 5.11 Å². The van der Waals surface area contributed by atoms with Crippen LogP contribution >= 0.6 is 23.4 Å². The van der Waals surface area contributed by atoms with Crippen molar-refractivity contribution in [1.82, 2.24) is 4.90 Å². The van der Waals surface area contributed by atoms with Crippen LogP contribution in [0.5, 0.6) is 0 Å². The number of halogens is 1. The van der Waals surface area contributed by atoms with Crippen molar-refractivity contribution in [3.05, 3.63) is 34.9 Å². The van der Waals surface area contributed by atoms with Crippen molar-refractivity contribution in [2.24, 2.45) is 5.92 Å². The summed E-state index contributed by atoms with van der Waals surface area (Å²) in [6.45, 7) is 3.11. The Morgan fingerprint density at radius 2 is 1.85 bits per heavy atom. The van der Waals surface area contributed by atoms with Crippen LogP contribution in [0.4, 0.5) is 0 Å². The van der Waals surface area contributed by atoms with Gasteiger partial charge in [-0.25, -0.2) is 0 Å². The normalized spacial score (nSPS) is 23.5. The van der Waals surface area contributed by atoms with E-state index in [1.165, 1.54) is 5.56 Å². The maximum Gasteiger partial charge on any atom is 0.0789 e. The number of β-amino-alcohol motifs (C(OH)–C–C–N with tert-alkyl or cyclic N) is 1. The summed E-state index contributed by atoms with van der Waals surface area (Å²) >= 11 is 7.87. The second kappa shape index (κ2) is 6.27. The average Bonchev–Trinajstić information content (AvgIpc) is 2.39. The van der Waals surface area contributed by atoms with Gasteiger partial charge in [0.15, 0.2) is 0 Å². The molecule has 2 fully saturated rings. The van der Waals surface area contributed by atoms with Crippen LogP contribution in [-0.4, -0.2) is 46.7 Å². The molecule has 110 valence electrons. The molecule has 2 saturated heterocycles. The molecule has 0 amide bonds. The quantitative estimate of drug-likeness (QED) is 0.924. The Labute approximate surface area is 130 Å². The van der Waals surface area contributed by atoms with Crippen LogP contribution in [-0.2, 0) is 6.42 Å². The summed E-state index contributed by atoms with van der Waals surface area (Å²) in [4.78, 5) is 2.41. The third-order valence-electron chi connectivity index (χ3n) is 4.41. The molecular weight excluding hydrogens is 290 g/mol. The highest BCUT2D eigenvalue weighted by molar-refractivity contribution is 7.99. The molecule has 0 bridgehead atoms. The minimum Gasteiger partial charge on any atom is -0.388 e. The van der Waals surface area contributed by atoms with Crippen molar-refractivity contribution in [2.45, 2.75) is 24.9 Å². The maximum atomic E-state index is 10.5. The summed E-state index contributed by atoms with van der Waals surface area (Å²) in [5, 5.41) is 11.4. The molecular formula is C16H22ClNOS. The first-order chi connectivity index (χ1) is 9.63. The van der Waals surface area contributed by atoms with Gasteiger partial charge in [-0.3, -0.25) is 4.90 Å². The van der Waals surface area contributed by atoms with Crippen LogP contribution < -0.4 is 0 Å². The van der Waals surface area contributed by atoms with Crippen molar-refractivity contribution in [2.75, 3.05) is 31.1 Å². The summed E-state index contributed by atoms with van der Waals surface area (Å²) < 4.78 is 0. The van der Waals surface area contributed by atoms with Crippen LogP contribution in [0.3, 0.4) is 0 Å². The van der Waals surface area contributed by atoms with Gasteiger partial charge in [-0.2, -0.15) is 11.8 Å². The summed E-state index contributed by atoms with van der Waals surface area (Å²) in [5.74, 6) is 2.95. The van der Waals surface area contributed by atoms with Crippen molar-refractivity contribution in [3.8, 4) is 0 Å². The van der Waals surface area contributed by atoms with E-state index in [2.05, 4.69) is 17.0 Å². The molecule has 2 aliphatic rings. The Hall–Kier alpha value is -0.220. The van der Waals surface area contributed by atoms with Gasteiger partial charge in [0.05, 0.1) is 5.60 Å². The van der Waals surface area contributed by atoms with Crippen molar-refractivity contribution in [1.29, 1.82) is 0 Å². The molecule has 1 aromatic rings. The fraction of sp³-hybridized carbons (Fsp3) is 0.625. The first-order valence-electron chi connectivity index (χ1n) is 7.40. The number of hydrogen-bond donors (Lipinski definition) is 1. The molecule has 4 heteroatoms. The summed E-state index contributed by atoms with van der Waals surface area (Å²) in [6.07, 6.45) is 3.04.